The molecule has 0 bridgehead atoms. The summed E-state index contributed by atoms with van der Waals surface area (Å²) < 4.78 is 7.36. The average molecular weight is 335 g/mol. The summed E-state index contributed by atoms with van der Waals surface area (Å²) in [4.78, 5) is 0. The fourth-order valence-corrected chi connectivity index (χ4v) is 3.28. The van der Waals surface area contributed by atoms with Gasteiger partial charge in [0.25, 0.3) is 0 Å². The normalized spacial score (nSPS) is 11.2. The Kier molecular flexibility index (Phi) is 3.47. The van der Waals surface area contributed by atoms with E-state index in [0.29, 0.717) is 11.4 Å². The lowest BCUT2D eigenvalue weighted by Gasteiger charge is -2.12. The van der Waals surface area contributed by atoms with Crippen molar-refractivity contribution in [3.05, 3.63) is 60.0 Å². The van der Waals surface area contributed by atoms with Gasteiger partial charge in [0.2, 0.25) is 0 Å². The Labute approximate surface area is 143 Å². The summed E-state index contributed by atoms with van der Waals surface area (Å²) in [6, 6.07) is 14.7. The highest BCUT2D eigenvalue weighted by molar-refractivity contribution is 6.03. The Hall–Kier alpha value is -3.25. The van der Waals surface area contributed by atoms with E-state index in [1.165, 1.54) is 0 Å². The lowest BCUT2D eigenvalue weighted by Crippen LogP contribution is -2.00. The Morgan fingerprint density at radius 3 is 2.40 bits per heavy atom. The monoisotopic (exact) mass is 335 g/mol. The molecule has 0 aliphatic heterocycles. The first-order valence-corrected chi connectivity index (χ1v) is 7.88. The SMILES string of the molecule is Cc1noc(C)c1-c1c(NO)c2ccccc2n1-c1ccc(O)cc1. The average Bonchev–Trinajstić information content (AvgIpc) is 3.12. The minimum atomic E-state index is 0.194. The molecule has 4 aromatic rings. The first kappa shape index (κ1) is 15.3. The van der Waals surface area contributed by atoms with Gasteiger partial charge in [0.1, 0.15) is 11.5 Å². The molecule has 0 amide bonds. The molecule has 0 saturated carbocycles. The first-order valence-electron chi connectivity index (χ1n) is 7.88. The van der Waals surface area contributed by atoms with Gasteiger partial charge in [-0.3, -0.25) is 10.7 Å². The molecule has 2 aromatic carbocycles. The number of anilines is 1. The second-order valence-electron chi connectivity index (χ2n) is 5.90. The fourth-order valence-electron chi connectivity index (χ4n) is 3.28. The fraction of sp³-hybridized carbons (Fsp3) is 0.105. The van der Waals surface area contributed by atoms with Crippen LogP contribution < -0.4 is 5.48 Å². The van der Waals surface area contributed by atoms with Crippen LogP contribution >= 0.6 is 0 Å². The maximum Gasteiger partial charge on any atom is 0.143 e. The topological polar surface area (TPSA) is 83.5 Å². The highest BCUT2D eigenvalue weighted by Gasteiger charge is 2.24. The van der Waals surface area contributed by atoms with Crippen LogP contribution in [0.2, 0.25) is 0 Å². The molecule has 0 spiro atoms. The molecule has 2 heterocycles. The van der Waals surface area contributed by atoms with E-state index in [9.17, 15) is 10.3 Å². The van der Waals surface area contributed by atoms with Crippen molar-refractivity contribution in [2.45, 2.75) is 13.8 Å². The van der Waals surface area contributed by atoms with Crippen LogP contribution in [0.15, 0.2) is 53.1 Å². The number of aromatic nitrogens is 2. The number of rotatable bonds is 3. The highest BCUT2D eigenvalue weighted by Crippen LogP contribution is 2.42. The van der Waals surface area contributed by atoms with Gasteiger partial charge in [-0.15, -0.1) is 0 Å². The molecule has 0 aliphatic carbocycles. The number of nitrogens with zero attached hydrogens (tertiary/aromatic N) is 2. The molecular weight excluding hydrogens is 318 g/mol. The van der Waals surface area contributed by atoms with Crippen LogP contribution in [0.1, 0.15) is 11.5 Å². The highest BCUT2D eigenvalue weighted by atomic mass is 16.5. The van der Waals surface area contributed by atoms with Crippen LogP contribution in [-0.4, -0.2) is 20.0 Å². The lowest BCUT2D eigenvalue weighted by molar-refractivity contribution is 0.390. The molecule has 3 N–H and O–H groups in total. The number of para-hydroxylation sites is 1. The standard InChI is InChI=1S/C19H17N3O3/c1-11-17(12(2)25-21-11)19-18(20-24)15-5-3-4-6-16(15)22(19)13-7-9-14(23)10-8-13/h3-10,20,23-24H,1-2H3. The minimum absolute atomic E-state index is 0.194. The number of nitrogens with one attached hydrogen (secondary N) is 1. The van der Waals surface area contributed by atoms with Crippen LogP contribution in [0.4, 0.5) is 5.69 Å². The summed E-state index contributed by atoms with van der Waals surface area (Å²) in [5.74, 6) is 0.858. The van der Waals surface area contributed by atoms with Gasteiger partial charge in [0.15, 0.2) is 0 Å². The Balaban J connectivity index is 2.17. The third-order valence-electron chi connectivity index (χ3n) is 4.36. The van der Waals surface area contributed by atoms with Gasteiger partial charge in [-0.25, -0.2) is 0 Å². The van der Waals surface area contributed by atoms with E-state index < -0.39 is 0 Å². The van der Waals surface area contributed by atoms with Crippen molar-refractivity contribution in [1.29, 1.82) is 0 Å². The number of hydrogen-bond donors (Lipinski definition) is 3. The van der Waals surface area contributed by atoms with Gasteiger partial charge in [-0.2, -0.15) is 0 Å². The van der Waals surface area contributed by atoms with E-state index in [1.54, 1.807) is 12.1 Å². The van der Waals surface area contributed by atoms with E-state index >= 15 is 0 Å². The van der Waals surface area contributed by atoms with Gasteiger partial charge in [-0.1, -0.05) is 23.4 Å². The Morgan fingerprint density at radius 1 is 1.04 bits per heavy atom. The number of phenols is 1. The van der Waals surface area contributed by atoms with Crippen LogP contribution in [0.25, 0.3) is 27.8 Å². The predicted molar refractivity (Wildman–Crippen MR) is 95.3 cm³/mol. The molecule has 0 unspecified atom stereocenters. The molecule has 0 fully saturated rings. The third-order valence-corrected chi connectivity index (χ3v) is 4.36. The van der Waals surface area contributed by atoms with Gasteiger partial charge in [-0.05, 0) is 44.2 Å². The van der Waals surface area contributed by atoms with Gasteiger partial charge < -0.3 is 14.2 Å². The third kappa shape index (κ3) is 2.27. The van der Waals surface area contributed by atoms with Crippen molar-refractivity contribution >= 4 is 16.6 Å². The summed E-state index contributed by atoms with van der Waals surface area (Å²) in [6.45, 7) is 3.71. The first-order chi connectivity index (χ1) is 12.1. The zero-order chi connectivity index (χ0) is 17.6. The van der Waals surface area contributed by atoms with E-state index in [4.69, 9.17) is 4.52 Å². The zero-order valence-electron chi connectivity index (χ0n) is 13.8. The lowest BCUT2D eigenvalue weighted by atomic mass is 10.1. The van der Waals surface area contributed by atoms with Crippen molar-refractivity contribution in [1.82, 2.24) is 9.72 Å². The van der Waals surface area contributed by atoms with E-state index in [1.807, 2.05) is 54.8 Å². The van der Waals surface area contributed by atoms with Crippen LogP contribution in [0, 0.1) is 13.8 Å². The maximum atomic E-state index is 9.85. The van der Waals surface area contributed by atoms with Gasteiger partial charge in [0, 0.05) is 11.1 Å². The van der Waals surface area contributed by atoms with Crippen molar-refractivity contribution in [2.24, 2.45) is 0 Å². The number of fused-ring (bicyclic) bond motifs is 1. The second-order valence-corrected chi connectivity index (χ2v) is 5.90. The molecule has 2 aromatic heterocycles. The molecule has 126 valence electrons. The van der Waals surface area contributed by atoms with Crippen LogP contribution in [0.3, 0.4) is 0 Å². The molecule has 0 atom stereocenters. The van der Waals surface area contributed by atoms with Gasteiger partial charge in [0.05, 0.1) is 28.2 Å². The predicted octanol–water partition coefficient (Wildman–Crippen LogP) is 4.41. The van der Waals surface area contributed by atoms with Crippen molar-refractivity contribution in [2.75, 3.05) is 5.48 Å². The molecule has 4 rings (SSSR count). The Bertz CT molecular complexity index is 1040. The zero-order valence-corrected chi connectivity index (χ0v) is 13.8. The summed E-state index contributed by atoms with van der Waals surface area (Å²) >= 11 is 0. The van der Waals surface area contributed by atoms with E-state index in [0.717, 1.165) is 33.5 Å². The second kappa shape index (κ2) is 5.68. The van der Waals surface area contributed by atoms with Gasteiger partial charge >= 0.3 is 0 Å². The molecular formula is C19H17N3O3. The molecule has 6 nitrogen and oxygen atoms in total. The minimum Gasteiger partial charge on any atom is -0.508 e. The summed E-state index contributed by atoms with van der Waals surface area (Å²) in [5.41, 5.74) is 7.00. The van der Waals surface area contributed by atoms with Crippen molar-refractivity contribution < 1.29 is 14.8 Å². The number of hydrogen-bond acceptors (Lipinski definition) is 5. The van der Waals surface area contributed by atoms with E-state index in [2.05, 4.69) is 10.6 Å². The molecule has 25 heavy (non-hydrogen) atoms. The summed E-state index contributed by atoms with van der Waals surface area (Å²) in [6.07, 6.45) is 0. The van der Waals surface area contributed by atoms with E-state index in [-0.39, 0.29) is 5.75 Å². The van der Waals surface area contributed by atoms with Crippen LogP contribution in [0.5, 0.6) is 5.75 Å². The molecule has 0 saturated heterocycles. The number of phenolic OH excluding ortho intramolecular Hbond substituents is 1. The molecule has 0 radical (unpaired) electrons. The summed E-state index contributed by atoms with van der Waals surface area (Å²) in [7, 11) is 0. The largest absolute Gasteiger partial charge is 0.508 e. The van der Waals surface area contributed by atoms with Crippen molar-refractivity contribution in [3.8, 4) is 22.7 Å². The summed E-state index contributed by atoms with van der Waals surface area (Å²) in [5, 5.41) is 24.4. The number of benzene rings is 2. The van der Waals surface area contributed by atoms with Crippen LogP contribution in [-0.2, 0) is 0 Å². The van der Waals surface area contributed by atoms with Crippen molar-refractivity contribution in [3.63, 3.8) is 0 Å². The molecule has 0 aliphatic rings. The quantitative estimate of drug-likeness (QED) is 0.483. The Morgan fingerprint density at radius 2 is 1.76 bits per heavy atom. The molecule has 6 heteroatoms. The maximum absolute atomic E-state index is 9.85. The number of aryl methyl sites for hydroxylation is 2. The smallest absolute Gasteiger partial charge is 0.143 e. The number of aromatic hydroxyl groups is 1.